The van der Waals surface area contributed by atoms with Gasteiger partial charge in [0, 0.05) is 32.7 Å². The molecule has 1 aliphatic rings. The molecule has 33 heavy (non-hydrogen) atoms. The zero-order valence-electron chi connectivity index (χ0n) is 18.3. The molecular formula is C22H24FN3O6S. The van der Waals surface area contributed by atoms with E-state index in [9.17, 15) is 27.2 Å². The van der Waals surface area contributed by atoms with Gasteiger partial charge >= 0.3 is 5.97 Å². The first-order chi connectivity index (χ1) is 15.5. The number of hydrogen-bond donors (Lipinski definition) is 1. The van der Waals surface area contributed by atoms with Crippen molar-refractivity contribution in [1.82, 2.24) is 4.31 Å². The van der Waals surface area contributed by atoms with Crippen molar-refractivity contribution in [3.05, 3.63) is 54.3 Å². The molecule has 9 nitrogen and oxygen atoms in total. The number of carbonyl (C=O) groups is 3. The summed E-state index contributed by atoms with van der Waals surface area (Å²) in [4.78, 5) is 38.5. The van der Waals surface area contributed by atoms with Gasteiger partial charge in [0.2, 0.25) is 15.9 Å². The third kappa shape index (κ3) is 5.37. The van der Waals surface area contributed by atoms with Gasteiger partial charge in [-0.1, -0.05) is 18.2 Å². The lowest BCUT2D eigenvalue weighted by Crippen LogP contribution is -2.33. The smallest absolute Gasteiger partial charge is 0.312 e. The summed E-state index contributed by atoms with van der Waals surface area (Å²) in [6.45, 7) is 1.30. The van der Waals surface area contributed by atoms with Crippen LogP contribution in [0.4, 0.5) is 15.8 Å². The van der Waals surface area contributed by atoms with Gasteiger partial charge in [0.1, 0.15) is 5.82 Å². The first kappa shape index (κ1) is 24.3. The molecule has 0 saturated carbocycles. The molecule has 1 aliphatic heterocycles. The molecule has 3 rings (SSSR count). The van der Waals surface area contributed by atoms with Crippen LogP contribution in [0.15, 0.2) is 53.4 Å². The molecule has 2 amide bonds. The quantitative estimate of drug-likeness (QED) is 0.611. The topological polar surface area (TPSA) is 113 Å². The van der Waals surface area contributed by atoms with Crippen LogP contribution >= 0.6 is 0 Å². The van der Waals surface area contributed by atoms with Crippen molar-refractivity contribution in [2.45, 2.75) is 24.3 Å². The third-order valence-corrected chi connectivity index (χ3v) is 6.96. The van der Waals surface area contributed by atoms with Crippen LogP contribution < -0.4 is 10.2 Å². The fourth-order valence-corrected chi connectivity index (χ4v) is 4.23. The highest BCUT2D eigenvalue weighted by molar-refractivity contribution is 7.89. The molecule has 1 saturated heterocycles. The van der Waals surface area contributed by atoms with E-state index in [0.29, 0.717) is 0 Å². The van der Waals surface area contributed by atoms with E-state index in [1.165, 1.54) is 68.4 Å². The van der Waals surface area contributed by atoms with Crippen molar-refractivity contribution >= 4 is 39.2 Å². The van der Waals surface area contributed by atoms with E-state index < -0.39 is 45.6 Å². The summed E-state index contributed by atoms with van der Waals surface area (Å²) in [5, 5.41) is 2.51. The number of rotatable bonds is 7. The zero-order valence-corrected chi connectivity index (χ0v) is 19.1. The van der Waals surface area contributed by atoms with Gasteiger partial charge in [-0.05, 0) is 37.3 Å². The normalized spacial score (nSPS) is 17.2. The minimum atomic E-state index is -3.69. The van der Waals surface area contributed by atoms with Crippen molar-refractivity contribution in [3.63, 3.8) is 0 Å². The van der Waals surface area contributed by atoms with Gasteiger partial charge in [0.15, 0.2) is 6.10 Å². The second kappa shape index (κ2) is 9.67. The molecule has 0 aliphatic carbocycles. The summed E-state index contributed by atoms with van der Waals surface area (Å²) in [7, 11) is -0.905. The number of para-hydroxylation sites is 1. The van der Waals surface area contributed by atoms with Crippen LogP contribution in [-0.4, -0.2) is 57.3 Å². The first-order valence-electron chi connectivity index (χ1n) is 10.1. The number of nitrogens with one attached hydrogen (secondary N) is 1. The Labute approximate surface area is 191 Å². The number of nitrogens with zero attached hydrogens (tertiary/aromatic N) is 2. The maximum absolute atomic E-state index is 14.0. The molecule has 1 N–H and O–H groups in total. The minimum Gasteiger partial charge on any atom is -0.452 e. The van der Waals surface area contributed by atoms with Gasteiger partial charge in [-0.3, -0.25) is 14.4 Å². The Hall–Kier alpha value is -3.31. The van der Waals surface area contributed by atoms with Crippen molar-refractivity contribution in [2.24, 2.45) is 5.92 Å². The predicted molar refractivity (Wildman–Crippen MR) is 118 cm³/mol. The molecule has 2 aromatic rings. The highest BCUT2D eigenvalue weighted by Gasteiger charge is 2.38. The molecule has 1 fully saturated rings. The summed E-state index contributed by atoms with van der Waals surface area (Å²) in [5.74, 6) is -3.27. The van der Waals surface area contributed by atoms with Crippen molar-refractivity contribution in [2.75, 3.05) is 30.9 Å². The average molecular weight is 478 g/mol. The summed E-state index contributed by atoms with van der Waals surface area (Å²) in [6, 6.07) is 11.4. The Morgan fingerprint density at radius 1 is 1.18 bits per heavy atom. The number of carbonyl (C=O) groups excluding carboxylic acids is 3. The molecule has 2 atom stereocenters. The van der Waals surface area contributed by atoms with E-state index in [1.54, 1.807) is 6.07 Å². The Morgan fingerprint density at radius 2 is 1.88 bits per heavy atom. The summed E-state index contributed by atoms with van der Waals surface area (Å²) < 4.78 is 44.8. The zero-order chi connectivity index (χ0) is 24.3. The van der Waals surface area contributed by atoms with Crippen molar-refractivity contribution in [1.29, 1.82) is 0 Å². The highest BCUT2D eigenvalue weighted by Crippen LogP contribution is 2.28. The third-order valence-electron chi connectivity index (χ3n) is 5.14. The van der Waals surface area contributed by atoms with E-state index >= 15 is 0 Å². The maximum Gasteiger partial charge on any atom is 0.312 e. The Kier molecular flexibility index (Phi) is 7.13. The van der Waals surface area contributed by atoms with E-state index in [0.717, 1.165) is 4.31 Å². The van der Waals surface area contributed by atoms with E-state index in [-0.39, 0.29) is 29.2 Å². The molecule has 11 heteroatoms. The number of benzene rings is 2. The molecule has 0 bridgehead atoms. The van der Waals surface area contributed by atoms with Gasteiger partial charge in [-0.2, -0.15) is 0 Å². The largest absolute Gasteiger partial charge is 0.452 e. The standard InChI is InChI=1S/C22H24FN3O6S/c1-14(21(28)24-16-7-6-8-17(12-16)33(30,31)25(2)3)32-22(29)15-11-20(27)26(13-15)19-10-5-4-9-18(19)23/h4-10,12,14-15H,11,13H2,1-3H3,(H,24,28). The Morgan fingerprint density at radius 3 is 2.55 bits per heavy atom. The number of halogens is 1. The van der Waals surface area contributed by atoms with E-state index in [4.69, 9.17) is 4.74 Å². The summed E-state index contributed by atoms with van der Waals surface area (Å²) in [5.41, 5.74) is 0.295. The van der Waals surface area contributed by atoms with E-state index in [1.807, 2.05) is 0 Å². The van der Waals surface area contributed by atoms with Crippen LogP contribution in [0.5, 0.6) is 0 Å². The summed E-state index contributed by atoms with van der Waals surface area (Å²) >= 11 is 0. The number of esters is 1. The number of ether oxygens (including phenoxy) is 1. The molecule has 1 heterocycles. The van der Waals surface area contributed by atoms with Crippen LogP contribution in [0, 0.1) is 11.7 Å². The van der Waals surface area contributed by atoms with Gasteiger partial charge in [0.25, 0.3) is 5.91 Å². The number of hydrogen-bond acceptors (Lipinski definition) is 6. The van der Waals surface area contributed by atoms with Crippen molar-refractivity contribution in [3.8, 4) is 0 Å². The fraction of sp³-hybridized carbons (Fsp3) is 0.318. The van der Waals surface area contributed by atoms with Crippen LogP contribution in [0.3, 0.4) is 0 Å². The van der Waals surface area contributed by atoms with Gasteiger partial charge in [-0.25, -0.2) is 17.1 Å². The minimum absolute atomic E-state index is 0.00680. The first-order valence-corrected chi connectivity index (χ1v) is 11.5. The van der Waals surface area contributed by atoms with E-state index in [2.05, 4.69) is 5.32 Å². The van der Waals surface area contributed by atoms with Gasteiger partial charge in [0.05, 0.1) is 16.5 Å². The molecular weight excluding hydrogens is 453 g/mol. The van der Waals surface area contributed by atoms with Crippen molar-refractivity contribution < 1.29 is 31.9 Å². The van der Waals surface area contributed by atoms with Crippen LogP contribution in [-0.2, 0) is 29.1 Å². The molecule has 176 valence electrons. The molecule has 0 aromatic heterocycles. The lowest BCUT2D eigenvalue weighted by Gasteiger charge is -2.18. The average Bonchev–Trinajstić information content (AvgIpc) is 3.15. The lowest BCUT2D eigenvalue weighted by atomic mass is 10.1. The SMILES string of the molecule is CC(OC(=O)C1CC(=O)N(c2ccccc2F)C1)C(=O)Nc1cccc(S(=O)(=O)N(C)C)c1. The molecule has 0 spiro atoms. The van der Waals surface area contributed by atoms with Crippen LogP contribution in [0.25, 0.3) is 0 Å². The highest BCUT2D eigenvalue weighted by atomic mass is 32.2. The Bertz CT molecular complexity index is 1180. The molecule has 2 aromatic carbocycles. The lowest BCUT2D eigenvalue weighted by molar-refractivity contribution is -0.157. The molecule has 2 unspecified atom stereocenters. The summed E-state index contributed by atoms with van der Waals surface area (Å²) in [6.07, 6.45) is -1.37. The number of anilines is 2. The van der Waals surface area contributed by atoms with Crippen LogP contribution in [0.2, 0.25) is 0 Å². The maximum atomic E-state index is 14.0. The number of sulfonamides is 1. The second-order valence-electron chi connectivity index (χ2n) is 7.74. The van der Waals surface area contributed by atoms with Gasteiger partial charge in [-0.15, -0.1) is 0 Å². The molecule has 0 radical (unpaired) electrons. The Balaban J connectivity index is 1.62. The fourth-order valence-electron chi connectivity index (χ4n) is 3.28. The second-order valence-corrected chi connectivity index (χ2v) is 9.89. The van der Waals surface area contributed by atoms with Gasteiger partial charge < -0.3 is 15.0 Å². The van der Waals surface area contributed by atoms with Crippen LogP contribution in [0.1, 0.15) is 13.3 Å². The number of amides is 2. The predicted octanol–water partition coefficient (Wildman–Crippen LogP) is 2.00. The monoisotopic (exact) mass is 477 g/mol.